The van der Waals surface area contributed by atoms with Crippen molar-refractivity contribution in [1.82, 2.24) is 18.8 Å². The zero-order valence-corrected chi connectivity index (χ0v) is 16.4. The van der Waals surface area contributed by atoms with Crippen molar-refractivity contribution in [3.05, 3.63) is 41.7 Å². The van der Waals surface area contributed by atoms with Gasteiger partial charge >= 0.3 is 0 Å². The first-order valence-electron chi connectivity index (χ1n) is 8.41. The number of hydrogen-bond acceptors (Lipinski definition) is 5. The van der Waals surface area contributed by atoms with Crippen LogP contribution < -0.4 is 14.8 Å². The van der Waals surface area contributed by atoms with E-state index in [1.807, 2.05) is 6.92 Å². The zero-order chi connectivity index (χ0) is 19.8. The van der Waals surface area contributed by atoms with Gasteiger partial charge in [-0.25, -0.2) is 0 Å². The second kappa shape index (κ2) is 7.29. The van der Waals surface area contributed by atoms with Crippen molar-refractivity contribution in [3.63, 3.8) is 0 Å². The lowest BCUT2D eigenvalue weighted by Gasteiger charge is -2.36. The molecule has 2 aromatic rings. The van der Waals surface area contributed by atoms with Gasteiger partial charge in [-0.1, -0.05) is 0 Å². The standard InChI is InChI=1S/C17H23N5O4S/c1-11-14(10-21(2)19-11)15-9-16(22(3)27(24,25)20-15)17(23)18-12-5-7-13(26-4)8-6-12/h5-8,10,15-16,20H,9H2,1-4H3,(H,18,23)/t15-,16+/m1/s1. The lowest BCUT2D eigenvalue weighted by atomic mass is 10.00. The summed E-state index contributed by atoms with van der Waals surface area (Å²) in [6.45, 7) is 1.81. The van der Waals surface area contributed by atoms with E-state index in [1.165, 1.54) is 7.05 Å². The number of aryl methyl sites for hydroxylation is 2. The average Bonchev–Trinajstić information content (AvgIpc) is 2.96. The van der Waals surface area contributed by atoms with E-state index in [-0.39, 0.29) is 5.91 Å². The Morgan fingerprint density at radius 1 is 1.30 bits per heavy atom. The van der Waals surface area contributed by atoms with Crippen molar-refractivity contribution in [2.75, 3.05) is 19.5 Å². The molecule has 0 unspecified atom stereocenters. The molecule has 0 radical (unpaired) electrons. The highest BCUT2D eigenvalue weighted by molar-refractivity contribution is 7.87. The van der Waals surface area contributed by atoms with E-state index >= 15 is 0 Å². The molecule has 1 aliphatic rings. The average molecular weight is 393 g/mol. The van der Waals surface area contributed by atoms with Crippen molar-refractivity contribution in [1.29, 1.82) is 0 Å². The molecule has 3 rings (SSSR count). The van der Waals surface area contributed by atoms with Gasteiger partial charge in [0.2, 0.25) is 5.91 Å². The molecule has 1 aromatic heterocycles. The SMILES string of the molecule is COc1ccc(NC(=O)[C@@H]2C[C@H](c3cn(C)nc3C)NS(=O)(=O)N2C)cc1. The summed E-state index contributed by atoms with van der Waals surface area (Å²) in [5, 5.41) is 7.04. The number of benzene rings is 1. The van der Waals surface area contributed by atoms with Gasteiger partial charge < -0.3 is 10.1 Å². The molecular formula is C17H23N5O4S. The third kappa shape index (κ3) is 3.97. The van der Waals surface area contributed by atoms with Crippen LogP contribution in [0, 0.1) is 6.92 Å². The minimum absolute atomic E-state index is 0.296. The molecule has 0 bridgehead atoms. The number of nitrogens with one attached hydrogen (secondary N) is 2. The van der Waals surface area contributed by atoms with Crippen molar-refractivity contribution in [2.45, 2.75) is 25.4 Å². The highest BCUT2D eigenvalue weighted by atomic mass is 32.2. The highest BCUT2D eigenvalue weighted by Crippen LogP contribution is 2.30. The Hall–Kier alpha value is -2.43. The van der Waals surface area contributed by atoms with Gasteiger partial charge in [0.25, 0.3) is 10.2 Å². The maximum absolute atomic E-state index is 12.8. The summed E-state index contributed by atoms with van der Waals surface area (Å²) in [5.41, 5.74) is 2.06. The van der Waals surface area contributed by atoms with Gasteiger partial charge in [-0.15, -0.1) is 0 Å². The summed E-state index contributed by atoms with van der Waals surface area (Å²) in [5.74, 6) is 0.279. The van der Waals surface area contributed by atoms with Crippen LogP contribution in [-0.2, 0) is 22.1 Å². The summed E-state index contributed by atoms with van der Waals surface area (Å²) >= 11 is 0. The van der Waals surface area contributed by atoms with Gasteiger partial charge in [-0.2, -0.15) is 22.5 Å². The predicted molar refractivity (Wildman–Crippen MR) is 101 cm³/mol. The Morgan fingerprint density at radius 2 is 1.96 bits per heavy atom. The van der Waals surface area contributed by atoms with Gasteiger partial charge in [0, 0.05) is 31.5 Å². The minimum atomic E-state index is -3.80. The van der Waals surface area contributed by atoms with E-state index in [0.29, 0.717) is 17.9 Å². The summed E-state index contributed by atoms with van der Waals surface area (Å²) in [6, 6.07) is 5.49. The molecular weight excluding hydrogens is 370 g/mol. The zero-order valence-electron chi connectivity index (χ0n) is 15.6. The lowest BCUT2D eigenvalue weighted by Crippen LogP contribution is -2.56. The molecule has 9 nitrogen and oxygen atoms in total. The third-order valence-electron chi connectivity index (χ3n) is 4.66. The van der Waals surface area contributed by atoms with E-state index in [9.17, 15) is 13.2 Å². The van der Waals surface area contributed by atoms with E-state index in [1.54, 1.807) is 49.3 Å². The second-order valence-electron chi connectivity index (χ2n) is 6.50. The molecule has 27 heavy (non-hydrogen) atoms. The minimum Gasteiger partial charge on any atom is -0.497 e. The Labute approximate surface area is 158 Å². The number of nitrogens with zero attached hydrogens (tertiary/aromatic N) is 3. The van der Waals surface area contributed by atoms with E-state index in [2.05, 4.69) is 15.1 Å². The Kier molecular flexibility index (Phi) is 5.22. The number of amides is 1. The monoisotopic (exact) mass is 393 g/mol. The van der Waals surface area contributed by atoms with Gasteiger partial charge in [-0.05, 0) is 37.6 Å². The Morgan fingerprint density at radius 3 is 2.52 bits per heavy atom. The Balaban J connectivity index is 1.83. The molecule has 2 atom stereocenters. The first kappa shape index (κ1) is 19.3. The third-order valence-corrected chi connectivity index (χ3v) is 6.25. The normalized spacial score (nSPS) is 22.4. The molecule has 1 aliphatic heterocycles. The first-order chi connectivity index (χ1) is 12.7. The number of ether oxygens (including phenoxy) is 1. The first-order valence-corrected chi connectivity index (χ1v) is 9.85. The van der Waals surface area contributed by atoms with Crippen LogP contribution in [0.4, 0.5) is 5.69 Å². The van der Waals surface area contributed by atoms with Gasteiger partial charge in [0.1, 0.15) is 11.8 Å². The largest absolute Gasteiger partial charge is 0.497 e. The van der Waals surface area contributed by atoms with Crippen LogP contribution in [0.3, 0.4) is 0 Å². The van der Waals surface area contributed by atoms with E-state index in [4.69, 9.17) is 4.74 Å². The quantitative estimate of drug-likeness (QED) is 0.805. The fourth-order valence-corrected chi connectivity index (χ4v) is 4.44. The van der Waals surface area contributed by atoms with Crippen molar-refractivity contribution in [2.24, 2.45) is 7.05 Å². The summed E-state index contributed by atoms with van der Waals surface area (Å²) in [4.78, 5) is 12.8. The fraction of sp³-hybridized carbons (Fsp3) is 0.412. The van der Waals surface area contributed by atoms with Crippen LogP contribution in [-0.4, -0.2) is 48.6 Å². The molecule has 0 spiro atoms. The van der Waals surface area contributed by atoms with Crippen LogP contribution in [0.15, 0.2) is 30.5 Å². The highest BCUT2D eigenvalue weighted by Gasteiger charge is 2.41. The molecule has 146 valence electrons. The number of methoxy groups -OCH3 is 1. The smallest absolute Gasteiger partial charge is 0.280 e. The van der Waals surface area contributed by atoms with Crippen LogP contribution in [0.2, 0.25) is 0 Å². The van der Waals surface area contributed by atoms with E-state index < -0.39 is 22.3 Å². The molecule has 2 heterocycles. The molecule has 1 fully saturated rings. The fourth-order valence-electron chi connectivity index (χ4n) is 3.17. The number of hydrogen-bond donors (Lipinski definition) is 2. The molecule has 10 heteroatoms. The lowest BCUT2D eigenvalue weighted by molar-refractivity contribution is -0.120. The van der Waals surface area contributed by atoms with Crippen molar-refractivity contribution < 1.29 is 17.9 Å². The number of carbonyl (C=O) groups is 1. The molecule has 2 N–H and O–H groups in total. The number of rotatable bonds is 4. The second-order valence-corrected chi connectivity index (χ2v) is 8.27. The number of aromatic nitrogens is 2. The molecule has 1 aromatic carbocycles. The number of likely N-dealkylation sites (N-methyl/N-ethyl adjacent to an activating group) is 1. The predicted octanol–water partition coefficient (Wildman–Crippen LogP) is 0.955. The molecule has 1 amide bonds. The summed E-state index contributed by atoms with van der Waals surface area (Å²) in [6.07, 6.45) is 2.07. The van der Waals surface area contributed by atoms with Crippen molar-refractivity contribution >= 4 is 21.8 Å². The summed E-state index contributed by atoms with van der Waals surface area (Å²) < 4.78 is 35.5. The molecule has 1 saturated heterocycles. The van der Waals surface area contributed by atoms with Gasteiger partial charge in [-0.3, -0.25) is 9.48 Å². The maximum Gasteiger partial charge on any atom is 0.280 e. The van der Waals surface area contributed by atoms with E-state index in [0.717, 1.165) is 15.6 Å². The topological polar surface area (TPSA) is 106 Å². The van der Waals surface area contributed by atoms with Gasteiger partial charge in [0.05, 0.1) is 18.8 Å². The van der Waals surface area contributed by atoms with Crippen LogP contribution in [0.25, 0.3) is 0 Å². The number of anilines is 1. The van der Waals surface area contributed by atoms with Crippen LogP contribution in [0.5, 0.6) is 5.75 Å². The maximum atomic E-state index is 12.8. The van der Waals surface area contributed by atoms with Crippen LogP contribution >= 0.6 is 0 Å². The van der Waals surface area contributed by atoms with Gasteiger partial charge in [0.15, 0.2) is 0 Å². The van der Waals surface area contributed by atoms with Crippen molar-refractivity contribution in [3.8, 4) is 5.75 Å². The summed E-state index contributed by atoms with van der Waals surface area (Å²) in [7, 11) is 0.928. The Bertz CT molecular complexity index is 939. The number of carbonyl (C=O) groups excluding carboxylic acids is 1. The molecule has 0 aliphatic carbocycles. The molecule has 0 saturated carbocycles. The van der Waals surface area contributed by atoms with Crippen LogP contribution in [0.1, 0.15) is 23.7 Å².